The number of hydrogen-bond acceptors (Lipinski definition) is 4. The van der Waals surface area contributed by atoms with Crippen LogP contribution in [0.4, 0.5) is 0 Å². The van der Waals surface area contributed by atoms with Crippen molar-refractivity contribution in [2.24, 2.45) is 0 Å². The maximum Gasteiger partial charge on any atom is 0.231 e. The highest BCUT2D eigenvalue weighted by Gasteiger charge is 2.13. The summed E-state index contributed by atoms with van der Waals surface area (Å²) in [5, 5.41) is 10.00. The van der Waals surface area contributed by atoms with E-state index in [4.69, 9.17) is 9.47 Å². The number of H-pyrrole nitrogens is 1. The number of aromatic nitrogens is 2. The van der Waals surface area contributed by atoms with Crippen molar-refractivity contribution in [1.82, 2.24) is 15.5 Å². The second-order valence-corrected chi connectivity index (χ2v) is 5.38. The topological polar surface area (TPSA) is 76.2 Å². The van der Waals surface area contributed by atoms with Gasteiger partial charge in [-0.05, 0) is 43.5 Å². The summed E-state index contributed by atoms with van der Waals surface area (Å²) in [4.78, 5) is 12.0. The molecule has 0 radical (unpaired) electrons. The van der Waals surface area contributed by atoms with E-state index < -0.39 is 0 Å². The van der Waals surface area contributed by atoms with E-state index >= 15 is 0 Å². The zero-order chi connectivity index (χ0) is 15.5. The minimum Gasteiger partial charge on any atom is -0.454 e. The van der Waals surface area contributed by atoms with Gasteiger partial charge in [-0.25, -0.2) is 0 Å². The number of nitrogens with zero attached hydrogens (tertiary/aromatic N) is 1. The Morgan fingerprint density at radius 2 is 2.14 bits per heavy atom. The molecule has 22 heavy (non-hydrogen) atoms. The van der Waals surface area contributed by atoms with E-state index in [1.54, 1.807) is 0 Å². The molecule has 2 aromatic rings. The van der Waals surface area contributed by atoms with Gasteiger partial charge in [-0.15, -0.1) is 0 Å². The van der Waals surface area contributed by atoms with Crippen molar-refractivity contribution in [3.63, 3.8) is 0 Å². The average Bonchev–Trinajstić information content (AvgIpc) is 3.10. The zero-order valence-corrected chi connectivity index (χ0v) is 12.7. The van der Waals surface area contributed by atoms with Gasteiger partial charge in [-0.1, -0.05) is 6.07 Å². The van der Waals surface area contributed by atoms with Crippen LogP contribution in [0.1, 0.15) is 28.9 Å². The molecule has 1 aliphatic heterocycles. The number of fused-ring (bicyclic) bond motifs is 1. The van der Waals surface area contributed by atoms with Gasteiger partial charge >= 0.3 is 0 Å². The molecule has 2 heterocycles. The molecular formula is C16H19N3O3. The Morgan fingerprint density at radius 3 is 2.91 bits per heavy atom. The van der Waals surface area contributed by atoms with Crippen LogP contribution in [-0.4, -0.2) is 22.9 Å². The Balaban J connectivity index is 1.50. The van der Waals surface area contributed by atoms with Crippen molar-refractivity contribution in [2.75, 3.05) is 6.79 Å². The Labute approximate surface area is 128 Å². The van der Waals surface area contributed by atoms with E-state index in [1.165, 1.54) is 0 Å². The van der Waals surface area contributed by atoms with Crippen LogP contribution in [0.3, 0.4) is 0 Å². The van der Waals surface area contributed by atoms with E-state index in [1.807, 2.05) is 32.0 Å². The Morgan fingerprint density at radius 1 is 1.32 bits per heavy atom. The number of carbonyl (C=O) groups is 1. The maximum absolute atomic E-state index is 12.0. The molecule has 6 nitrogen and oxygen atoms in total. The monoisotopic (exact) mass is 301 g/mol. The van der Waals surface area contributed by atoms with E-state index in [-0.39, 0.29) is 12.7 Å². The zero-order valence-electron chi connectivity index (χ0n) is 12.7. The van der Waals surface area contributed by atoms with Crippen molar-refractivity contribution >= 4 is 5.91 Å². The molecule has 0 aliphatic carbocycles. The molecule has 0 unspecified atom stereocenters. The number of aryl methyl sites for hydroxylation is 2. The number of ether oxygens (including phenoxy) is 2. The average molecular weight is 301 g/mol. The van der Waals surface area contributed by atoms with Crippen molar-refractivity contribution in [1.29, 1.82) is 0 Å². The number of amides is 1. The van der Waals surface area contributed by atoms with Crippen molar-refractivity contribution in [3.8, 4) is 11.5 Å². The normalized spacial score (nSPS) is 12.5. The van der Waals surface area contributed by atoms with Crippen molar-refractivity contribution < 1.29 is 14.3 Å². The molecule has 1 aliphatic rings. The van der Waals surface area contributed by atoms with Crippen molar-refractivity contribution in [2.45, 2.75) is 33.2 Å². The van der Waals surface area contributed by atoms with Crippen LogP contribution in [-0.2, 0) is 17.8 Å². The molecule has 0 bridgehead atoms. The number of rotatable bonds is 5. The number of carbonyl (C=O) groups excluding carboxylic acids is 1. The number of aromatic amines is 1. The van der Waals surface area contributed by atoms with E-state index in [0.717, 1.165) is 34.0 Å². The SMILES string of the molecule is Cc1n[nH]c(C)c1CCC(=O)NCc1ccc2c(c1)OCO2. The highest BCUT2D eigenvalue weighted by Crippen LogP contribution is 2.32. The summed E-state index contributed by atoms with van der Waals surface area (Å²) >= 11 is 0. The predicted octanol–water partition coefficient (Wildman–Crippen LogP) is 2.00. The molecule has 116 valence electrons. The maximum atomic E-state index is 12.0. The lowest BCUT2D eigenvalue weighted by Crippen LogP contribution is -2.23. The standard InChI is InChI=1S/C16H19N3O3/c1-10-13(11(2)19-18-10)4-6-16(20)17-8-12-3-5-14-15(7-12)22-9-21-14/h3,5,7H,4,6,8-9H2,1-2H3,(H,17,20)(H,18,19). The third-order valence-corrected chi connectivity index (χ3v) is 3.81. The highest BCUT2D eigenvalue weighted by atomic mass is 16.7. The van der Waals surface area contributed by atoms with Crippen LogP contribution >= 0.6 is 0 Å². The molecule has 6 heteroatoms. The van der Waals surface area contributed by atoms with E-state index in [9.17, 15) is 4.79 Å². The fourth-order valence-electron chi connectivity index (χ4n) is 2.52. The first-order valence-corrected chi connectivity index (χ1v) is 7.29. The summed E-state index contributed by atoms with van der Waals surface area (Å²) in [5.41, 5.74) is 4.11. The number of hydrogen-bond donors (Lipinski definition) is 2. The predicted molar refractivity (Wildman–Crippen MR) is 80.8 cm³/mol. The van der Waals surface area contributed by atoms with Gasteiger partial charge in [0.25, 0.3) is 0 Å². The quantitative estimate of drug-likeness (QED) is 0.885. The minimum absolute atomic E-state index is 0.0256. The molecule has 0 atom stereocenters. The molecule has 0 fully saturated rings. The molecule has 3 rings (SSSR count). The third-order valence-electron chi connectivity index (χ3n) is 3.81. The summed E-state index contributed by atoms with van der Waals surface area (Å²) in [6.07, 6.45) is 1.15. The molecule has 1 aromatic carbocycles. The van der Waals surface area contributed by atoms with Gasteiger partial charge in [0.15, 0.2) is 11.5 Å². The smallest absolute Gasteiger partial charge is 0.231 e. The molecular weight excluding hydrogens is 282 g/mol. The fourth-order valence-corrected chi connectivity index (χ4v) is 2.52. The Hall–Kier alpha value is -2.50. The van der Waals surface area contributed by atoms with Gasteiger partial charge in [0.1, 0.15) is 0 Å². The molecule has 1 amide bonds. The Bertz CT molecular complexity index is 674. The molecule has 0 saturated heterocycles. The van der Waals surface area contributed by atoms with Gasteiger partial charge < -0.3 is 14.8 Å². The van der Waals surface area contributed by atoms with Crippen LogP contribution in [0.5, 0.6) is 11.5 Å². The third kappa shape index (κ3) is 3.05. The van der Waals surface area contributed by atoms with Gasteiger partial charge in [0.2, 0.25) is 12.7 Å². The lowest BCUT2D eigenvalue weighted by Gasteiger charge is -2.06. The minimum atomic E-state index is 0.0256. The molecule has 0 spiro atoms. The summed E-state index contributed by atoms with van der Waals surface area (Å²) in [6.45, 7) is 4.66. The first-order valence-electron chi connectivity index (χ1n) is 7.29. The fraction of sp³-hybridized carbons (Fsp3) is 0.375. The summed E-state index contributed by atoms with van der Waals surface area (Å²) in [7, 11) is 0. The summed E-state index contributed by atoms with van der Waals surface area (Å²) in [5.74, 6) is 1.51. The molecule has 2 N–H and O–H groups in total. The van der Waals surface area contributed by atoms with Gasteiger partial charge in [-0.2, -0.15) is 5.10 Å². The lowest BCUT2D eigenvalue weighted by atomic mass is 10.1. The number of nitrogens with one attached hydrogen (secondary N) is 2. The largest absolute Gasteiger partial charge is 0.454 e. The number of benzene rings is 1. The molecule has 1 aromatic heterocycles. The van der Waals surface area contributed by atoms with E-state index in [0.29, 0.717) is 19.4 Å². The van der Waals surface area contributed by atoms with Gasteiger partial charge in [0.05, 0.1) is 5.69 Å². The second kappa shape index (κ2) is 6.09. The van der Waals surface area contributed by atoms with Crippen LogP contribution < -0.4 is 14.8 Å². The first kappa shape index (κ1) is 14.4. The lowest BCUT2D eigenvalue weighted by molar-refractivity contribution is -0.121. The highest BCUT2D eigenvalue weighted by molar-refractivity contribution is 5.76. The van der Waals surface area contributed by atoms with Gasteiger partial charge in [-0.3, -0.25) is 9.89 Å². The second-order valence-electron chi connectivity index (χ2n) is 5.38. The van der Waals surface area contributed by atoms with Crippen LogP contribution in [0.25, 0.3) is 0 Å². The molecule has 0 saturated carbocycles. The van der Waals surface area contributed by atoms with Crippen LogP contribution in [0.2, 0.25) is 0 Å². The Kier molecular flexibility index (Phi) is 4.00. The summed E-state index contributed by atoms with van der Waals surface area (Å²) < 4.78 is 10.6. The van der Waals surface area contributed by atoms with Crippen molar-refractivity contribution in [3.05, 3.63) is 40.7 Å². The van der Waals surface area contributed by atoms with Crippen LogP contribution in [0.15, 0.2) is 18.2 Å². The first-order chi connectivity index (χ1) is 10.6. The van der Waals surface area contributed by atoms with E-state index in [2.05, 4.69) is 15.5 Å². The van der Waals surface area contributed by atoms with Gasteiger partial charge in [0, 0.05) is 18.7 Å². The van der Waals surface area contributed by atoms with Crippen LogP contribution in [0, 0.1) is 13.8 Å². The summed E-state index contributed by atoms with van der Waals surface area (Å²) in [6, 6.07) is 5.69.